The normalized spacial score (nSPS) is 34.9. The molecule has 104 valence electrons. The molecule has 2 unspecified atom stereocenters. The second-order valence-electron chi connectivity index (χ2n) is 6.28. The molecule has 0 aromatic carbocycles. The first-order valence-corrected chi connectivity index (χ1v) is 8.94. The summed E-state index contributed by atoms with van der Waals surface area (Å²) >= 11 is 0. The average molecular weight is 272 g/mol. The monoisotopic (exact) mass is 272 g/mol. The maximum atomic E-state index is 12.4. The molecule has 0 radical (unpaired) electrons. The van der Waals surface area contributed by atoms with Crippen molar-refractivity contribution in [3.8, 4) is 0 Å². The van der Waals surface area contributed by atoms with Crippen molar-refractivity contribution < 1.29 is 8.42 Å². The van der Waals surface area contributed by atoms with Crippen molar-refractivity contribution in [2.45, 2.75) is 32.1 Å². The molecule has 1 aliphatic carbocycles. The molecule has 2 heterocycles. The van der Waals surface area contributed by atoms with Crippen LogP contribution in [0.1, 0.15) is 32.1 Å². The van der Waals surface area contributed by atoms with Gasteiger partial charge < -0.3 is 5.32 Å². The molecule has 3 rings (SSSR count). The van der Waals surface area contributed by atoms with Gasteiger partial charge in [-0.3, -0.25) is 0 Å². The van der Waals surface area contributed by atoms with Gasteiger partial charge in [0, 0.05) is 13.1 Å². The summed E-state index contributed by atoms with van der Waals surface area (Å²) in [4.78, 5) is 0. The molecule has 0 amide bonds. The van der Waals surface area contributed by atoms with Gasteiger partial charge in [0.25, 0.3) is 0 Å². The molecule has 0 spiro atoms. The summed E-state index contributed by atoms with van der Waals surface area (Å²) in [6.07, 6.45) is 5.95. The maximum absolute atomic E-state index is 12.4. The first-order valence-electron chi connectivity index (χ1n) is 7.34. The van der Waals surface area contributed by atoms with E-state index in [0.717, 1.165) is 39.0 Å². The van der Waals surface area contributed by atoms with E-state index in [1.54, 1.807) is 4.31 Å². The number of hydrogen-bond donors (Lipinski definition) is 1. The van der Waals surface area contributed by atoms with Crippen LogP contribution in [0.15, 0.2) is 0 Å². The summed E-state index contributed by atoms with van der Waals surface area (Å²) in [7, 11) is -3.00. The van der Waals surface area contributed by atoms with Crippen LogP contribution in [0.3, 0.4) is 0 Å². The van der Waals surface area contributed by atoms with Crippen LogP contribution in [-0.4, -0.2) is 44.7 Å². The van der Waals surface area contributed by atoms with Crippen LogP contribution >= 0.6 is 0 Å². The quantitative estimate of drug-likeness (QED) is 0.835. The Kier molecular flexibility index (Phi) is 3.65. The zero-order valence-corrected chi connectivity index (χ0v) is 11.8. The molecule has 3 fully saturated rings. The van der Waals surface area contributed by atoms with Gasteiger partial charge in [-0.15, -0.1) is 0 Å². The highest BCUT2D eigenvalue weighted by Gasteiger charge is 2.41. The molecule has 0 aromatic heterocycles. The third kappa shape index (κ3) is 2.58. The molecule has 2 atom stereocenters. The van der Waals surface area contributed by atoms with Crippen molar-refractivity contribution in [3.05, 3.63) is 0 Å². The minimum Gasteiger partial charge on any atom is -0.316 e. The Bertz CT molecular complexity index is 378. The van der Waals surface area contributed by atoms with Crippen molar-refractivity contribution in [2.24, 2.45) is 17.8 Å². The fourth-order valence-corrected chi connectivity index (χ4v) is 5.77. The van der Waals surface area contributed by atoms with Crippen molar-refractivity contribution >= 4 is 10.0 Å². The molecule has 0 aromatic rings. The Balaban J connectivity index is 1.60. The van der Waals surface area contributed by atoms with Gasteiger partial charge >= 0.3 is 0 Å². The van der Waals surface area contributed by atoms with E-state index in [0.29, 0.717) is 23.5 Å². The van der Waals surface area contributed by atoms with Gasteiger partial charge in [0.05, 0.1) is 5.75 Å². The van der Waals surface area contributed by atoms with Crippen LogP contribution in [0.4, 0.5) is 0 Å². The number of nitrogens with zero attached hydrogens (tertiary/aromatic N) is 1. The highest BCUT2D eigenvalue weighted by Crippen LogP contribution is 2.31. The van der Waals surface area contributed by atoms with E-state index in [9.17, 15) is 8.42 Å². The summed E-state index contributed by atoms with van der Waals surface area (Å²) in [5.74, 6) is 1.94. The van der Waals surface area contributed by atoms with E-state index < -0.39 is 10.0 Å². The summed E-state index contributed by atoms with van der Waals surface area (Å²) in [6.45, 7) is 3.51. The first-order chi connectivity index (χ1) is 8.65. The lowest BCUT2D eigenvalue weighted by Gasteiger charge is -2.24. The van der Waals surface area contributed by atoms with Gasteiger partial charge in [0.15, 0.2) is 0 Å². The van der Waals surface area contributed by atoms with E-state index >= 15 is 0 Å². The predicted octanol–water partition coefficient (Wildman–Crippen LogP) is 1.05. The fraction of sp³-hybridized carbons (Fsp3) is 1.00. The van der Waals surface area contributed by atoms with Crippen LogP contribution in [0.2, 0.25) is 0 Å². The Hall–Kier alpha value is -0.130. The summed E-state index contributed by atoms with van der Waals surface area (Å²) in [5.41, 5.74) is 0. The smallest absolute Gasteiger partial charge is 0.214 e. The van der Waals surface area contributed by atoms with Crippen molar-refractivity contribution in [1.82, 2.24) is 9.62 Å². The van der Waals surface area contributed by atoms with Gasteiger partial charge in [-0.25, -0.2) is 12.7 Å². The van der Waals surface area contributed by atoms with Gasteiger partial charge in [0.1, 0.15) is 0 Å². The van der Waals surface area contributed by atoms with Crippen molar-refractivity contribution in [3.63, 3.8) is 0 Å². The number of rotatable bonds is 3. The third-order valence-corrected chi connectivity index (χ3v) is 6.90. The zero-order chi connectivity index (χ0) is 12.6. The van der Waals surface area contributed by atoms with Gasteiger partial charge in [0.2, 0.25) is 10.0 Å². The number of hydrogen-bond acceptors (Lipinski definition) is 3. The van der Waals surface area contributed by atoms with Crippen molar-refractivity contribution in [1.29, 1.82) is 0 Å². The first kappa shape index (κ1) is 12.9. The standard InChI is InChI=1S/C13H24N2O2S/c16-18(17,10-11-4-2-1-3-5-11)15-8-12-6-14-7-13(12)9-15/h11-14H,1-10H2. The lowest BCUT2D eigenvalue weighted by atomic mass is 9.91. The number of sulfonamides is 1. The SMILES string of the molecule is O=S(=O)(CC1CCCCC1)N1CC2CNCC2C1. The predicted molar refractivity (Wildman–Crippen MR) is 71.8 cm³/mol. The molecule has 4 nitrogen and oxygen atoms in total. The summed E-state index contributed by atoms with van der Waals surface area (Å²) in [5, 5.41) is 3.36. The Morgan fingerprint density at radius 2 is 1.61 bits per heavy atom. The fourth-order valence-electron chi connectivity index (χ4n) is 3.80. The average Bonchev–Trinajstić information content (AvgIpc) is 2.89. The molecule has 1 saturated carbocycles. The summed E-state index contributed by atoms with van der Waals surface area (Å²) < 4.78 is 26.7. The largest absolute Gasteiger partial charge is 0.316 e. The van der Waals surface area contributed by atoms with Crippen LogP contribution in [0, 0.1) is 17.8 Å². The van der Waals surface area contributed by atoms with E-state index in [2.05, 4.69) is 5.32 Å². The van der Waals surface area contributed by atoms with E-state index in [1.165, 1.54) is 19.3 Å². The van der Waals surface area contributed by atoms with Crippen LogP contribution in [0.5, 0.6) is 0 Å². The minimum absolute atomic E-state index is 0.403. The van der Waals surface area contributed by atoms with Gasteiger partial charge in [-0.1, -0.05) is 19.3 Å². The molecular weight excluding hydrogens is 248 g/mol. The molecule has 3 aliphatic rings. The lowest BCUT2D eigenvalue weighted by molar-refractivity contribution is 0.373. The summed E-state index contributed by atoms with van der Waals surface area (Å²) in [6, 6.07) is 0. The minimum atomic E-state index is -3.00. The molecule has 2 aliphatic heterocycles. The van der Waals surface area contributed by atoms with E-state index in [1.807, 2.05) is 0 Å². The number of nitrogens with one attached hydrogen (secondary N) is 1. The topological polar surface area (TPSA) is 49.4 Å². The molecule has 1 N–H and O–H groups in total. The number of fused-ring (bicyclic) bond motifs is 1. The molecule has 2 saturated heterocycles. The second kappa shape index (κ2) is 5.10. The maximum Gasteiger partial charge on any atom is 0.214 e. The van der Waals surface area contributed by atoms with E-state index in [4.69, 9.17) is 0 Å². The van der Waals surface area contributed by atoms with Crippen molar-refractivity contribution in [2.75, 3.05) is 31.9 Å². The molecule has 0 bridgehead atoms. The Labute approximate surface area is 110 Å². The van der Waals surface area contributed by atoms with Crippen LogP contribution < -0.4 is 5.32 Å². The Morgan fingerprint density at radius 3 is 2.22 bits per heavy atom. The Morgan fingerprint density at radius 1 is 1.00 bits per heavy atom. The molecule has 5 heteroatoms. The molecular formula is C13H24N2O2S. The van der Waals surface area contributed by atoms with Gasteiger partial charge in [-0.05, 0) is 43.7 Å². The third-order valence-electron chi connectivity index (χ3n) is 4.92. The lowest BCUT2D eigenvalue weighted by Crippen LogP contribution is -2.36. The van der Waals surface area contributed by atoms with Crippen LogP contribution in [0.25, 0.3) is 0 Å². The van der Waals surface area contributed by atoms with Gasteiger partial charge in [-0.2, -0.15) is 0 Å². The molecule has 18 heavy (non-hydrogen) atoms. The van der Waals surface area contributed by atoms with Crippen LogP contribution in [-0.2, 0) is 10.0 Å². The van der Waals surface area contributed by atoms with E-state index in [-0.39, 0.29) is 0 Å². The highest BCUT2D eigenvalue weighted by atomic mass is 32.2. The highest BCUT2D eigenvalue weighted by molar-refractivity contribution is 7.89. The zero-order valence-electron chi connectivity index (χ0n) is 11.0. The second-order valence-corrected chi connectivity index (χ2v) is 8.29.